The Bertz CT molecular complexity index is 924. The van der Waals surface area contributed by atoms with E-state index in [1.807, 2.05) is 22.7 Å². The number of carbonyl (C=O) groups excluding carboxylic acids is 1. The lowest BCUT2D eigenvalue weighted by molar-refractivity contribution is -0.138. The number of likely N-dealkylation sites (tertiary alicyclic amines) is 2. The van der Waals surface area contributed by atoms with Crippen LogP contribution in [0.15, 0.2) is 36.7 Å². The zero-order valence-electron chi connectivity index (χ0n) is 18.2. The van der Waals surface area contributed by atoms with E-state index in [2.05, 4.69) is 9.88 Å². The van der Waals surface area contributed by atoms with Crippen LogP contribution in [0.5, 0.6) is 5.75 Å². The number of imidazole rings is 1. The zero-order valence-corrected chi connectivity index (χ0v) is 18.2. The first-order valence-corrected chi connectivity index (χ1v) is 11.1. The van der Waals surface area contributed by atoms with Crippen LogP contribution in [0.25, 0.3) is 0 Å². The molecule has 4 rings (SSSR count). The summed E-state index contributed by atoms with van der Waals surface area (Å²) in [6.07, 6.45) is 1.98. The second-order valence-corrected chi connectivity index (χ2v) is 8.82. The van der Waals surface area contributed by atoms with E-state index in [0.29, 0.717) is 26.1 Å². The third-order valence-electron chi connectivity index (χ3n) is 6.31. The summed E-state index contributed by atoms with van der Waals surface area (Å²) in [5.41, 5.74) is -0.725. The number of aromatic nitrogens is 2. The molecule has 0 bridgehead atoms. The van der Waals surface area contributed by atoms with Gasteiger partial charge in [-0.1, -0.05) is 6.07 Å². The number of amides is 1. The number of benzene rings is 1. The molecule has 1 aromatic carbocycles. The molecule has 0 N–H and O–H groups in total. The van der Waals surface area contributed by atoms with Crippen LogP contribution in [0.2, 0.25) is 0 Å². The molecule has 2 aromatic rings. The van der Waals surface area contributed by atoms with Crippen molar-refractivity contribution in [1.29, 1.82) is 0 Å². The number of rotatable bonds is 6. The number of hydrogen-bond donors (Lipinski definition) is 0. The van der Waals surface area contributed by atoms with Gasteiger partial charge in [0.25, 0.3) is 0 Å². The van der Waals surface area contributed by atoms with E-state index in [9.17, 15) is 18.0 Å². The van der Waals surface area contributed by atoms with Gasteiger partial charge in [0, 0.05) is 51.5 Å². The van der Waals surface area contributed by atoms with Gasteiger partial charge in [0.1, 0.15) is 11.6 Å². The van der Waals surface area contributed by atoms with Crippen LogP contribution < -0.4 is 4.74 Å². The molecule has 2 saturated heterocycles. The van der Waals surface area contributed by atoms with Crippen molar-refractivity contribution in [2.24, 2.45) is 18.9 Å². The summed E-state index contributed by atoms with van der Waals surface area (Å²) in [7, 11) is 1.94. The molecule has 174 valence electrons. The number of aryl methyl sites for hydroxylation is 1. The Morgan fingerprint density at radius 2 is 2.00 bits per heavy atom. The predicted octanol–water partition coefficient (Wildman–Crippen LogP) is 3.58. The standard InChI is InChI=1S/C23H29F3N4O2/c1-28-10-7-27-21(28)15-29-13-17(11-18(14-29)22(31)30-8-2-3-9-30)16-32-20-6-4-5-19(12-20)23(24,25)26/h4-7,10,12,17-18H,2-3,8-9,11,13-16H2,1H3/t17-,18+/m0/s1. The Morgan fingerprint density at radius 3 is 2.69 bits per heavy atom. The first-order chi connectivity index (χ1) is 15.3. The van der Waals surface area contributed by atoms with Crippen molar-refractivity contribution in [3.05, 3.63) is 48.0 Å². The summed E-state index contributed by atoms with van der Waals surface area (Å²) in [6, 6.07) is 4.96. The van der Waals surface area contributed by atoms with Crippen molar-refractivity contribution in [2.45, 2.75) is 32.0 Å². The summed E-state index contributed by atoms with van der Waals surface area (Å²) in [5, 5.41) is 0. The van der Waals surface area contributed by atoms with Crippen molar-refractivity contribution in [3.8, 4) is 5.75 Å². The minimum absolute atomic E-state index is 0.0371. The van der Waals surface area contributed by atoms with Crippen LogP contribution in [0.1, 0.15) is 30.7 Å². The highest BCUT2D eigenvalue weighted by atomic mass is 19.4. The molecule has 9 heteroatoms. The highest BCUT2D eigenvalue weighted by Gasteiger charge is 2.35. The maximum Gasteiger partial charge on any atom is 0.416 e. The minimum atomic E-state index is -4.41. The second-order valence-electron chi connectivity index (χ2n) is 8.82. The van der Waals surface area contributed by atoms with Crippen LogP contribution in [-0.4, -0.2) is 58.0 Å². The number of piperidine rings is 1. The summed E-state index contributed by atoms with van der Waals surface area (Å²) < 4.78 is 46.7. The molecule has 2 fully saturated rings. The summed E-state index contributed by atoms with van der Waals surface area (Å²) in [5.74, 6) is 1.18. The van der Waals surface area contributed by atoms with Crippen LogP contribution >= 0.6 is 0 Å². The van der Waals surface area contributed by atoms with Crippen LogP contribution in [-0.2, 0) is 24.6 Å². The van der Waals surface area contributed by atoms with Gasteiger partial charge in [0.2, 0.25) is 5.91 Å². The van der Waals surface area contributed by atoms with Crippen molar-refractivity contribution >= 4 is 5.91 Å². The van der Waals surface area contributed by atoms with Crippen molar-refractivity contribution in [1.82, 2.24) is 19.4 Å². The van der Waals surface area contributed by atoms with Gasteiger partial charge < -0.3 is 14.2 Å². The number of alkyl halides is 3. The summed E-state index contributed by atoms with van der Waals surface area (Å²) in [6.45, 7) is 3.85. The molecule has 1 aromatic heterocycles. The Morgan fingerprint density at radius 1 is 1.22 bits per heavy atom. The van der Waals surface area contributed by atoms with Gasteiger partial charge in [-0.05, 0) is 37.5 Å². The molecule has 2 aliphatic heterocycles. The molecule has 0 spiro atoms. The molecule has 0 radical (unpaired) electrons. The lowest BCUT2D eigenvalue weighted by Crippen LogP contribution is -2.48. The molecule has 6 nitrogen and oxygen atoms in total. The summed E-state index contributed by atoms with van der Waals surface area (Å²) >= 11 is 0. The largest absolute Gasteiger partial charge is 0.493 e. The van der Waals surface area contributed by atoms with Crippen molar-refractivity contribution in [2.75, 3.05) is 32.8 Å². The van der Waals surface area contributed by atoms with Gasteiger partial charge in [0.05, 0.1) is 24.6 Å². The third-order valence-corrected chi connectivity index (χ3v) is 6.31. The first-order valence-electron chi connectivity index (χ1n) is 11.1. The monoisotopic (exact) mass is 450 g/mol. The van der Waals surface area contributed by atoms with Gasteiger partial charge in [-0.15, -0.1) is 0 Å². The highest BCUT2D eigenvalue weighted by molar-refractivity contribution is 5.79. The van der Waals surface area contributed by atoms with E-state index < -0.39 is 11.7 Å². The maximum atomic E-state index is 13.1. The molecule has 32 heavy (non-hydrogen) atoms. The van der Waals surface area contributed by atoms with E-state index in [1.54, 1.807) is 6.20 Å². The lowest BCUT2D eigenvalue weighted by Gasteiger charge is -2.38. The number of ether oxygens (including phenoxy) is 1. The average Bonchev–Trinajstić information content (AvgIpc) is 3.44. The lowest BCUT2D eigenvalue weighted by atomic mass is 9.88. The summed E-state index contributed by atoms with van der Waals surface area (Å²) in [4.78, 5) is 21.7. The average molecular weight is 451 g/mol. The Labute approximate surface area is 186 Å². The fourth-order valence-electron chi connectivity index (χ4n) is 4.65. The number of carbonyl (C=O) groups is 1. The SMILES string of the molecule is Cn1ccnc1CN1C[C@@H](COc2cccc(C(F)(F)F)c2)C[C@@H](C(=O)N2CCCC2)C1. The second kappa shape index (κ2) is 9.52. The molecular formula is C23H29F3N4O2. The topological polar surface area (TPSA) is 50.6 Å². The fourth-order valence-corrected chi connectivity index (χ4v) is 4.65. The van der Waals surface area contributed by atoms with E-state index in [4.69, 9.17) is 4.74 Å². The molecule has 2 aliphatic rings. The highest BCUT2D eigenvalue weighted by Crippen LogP contribution is 2.32. The first kappa shape index (κ1) is 22.6. The molecule has 0 unspecified atom stereocenters. The Kier molecular flexibility index (Phi) is 6.74. The normalized spacial score (nSPS) is 22.3. The van der Waals surface area contributed by atoms with Gasteiger partial charge in [-0.25, -0.2) is 4.98 Å². The van der Waals surface area contributed by atoms with E-state index >= 15 is 0 Å². The van der Waals surface area contributed by atoms with Crippen molar-refractivity contribution in [3.63, 3.8) is 0 Å². The van der Waals surface area contributed by atoms with Gasteiger partial charge in [0.15, 0.2) is 0 Å². The van der Waals surface area contributed by atoms with Gasteiger partial charge in [-0.3, -0.25) is 9.69 Å². The molecule has 0 saturated carbocycles. The number of halogens is 3. The van der Waals surface area contributed by atoms with E-state index in [1.165, 1.54) is 12.1 Å². The van der Waals surface area contributed by atoms with Gasteiger partial charge >= 0.3 is 6.18 Å². The van der Waals surface area contributed by atoms with E-state index in [0.717, 1.165) is 43.9 Å². The fraction of sp³-hybridized carbons (Fsp3) is 0.565. The molecule has 0 aliphatic carbocycles. The zero-order chi connectivity index (χ0) is 22.7. The van der Waals surface area contributed by atoms with Crippen LogP contribution in [0.4, 0.5) is 13.2 Å². The molecule has 2 atom stereocenters. The number of hydrogen-bond acceptors (Lipinski definition) is 4. The third kappa shape index (κ3) is 5.43. The van der Waals surface area contributed by atoms with Crippen LogP contribution in [0.3, 0.4) is 0 Å². The Hall–Kier alpha value is -2.55. The predicted molar refractivity (Wildman–Crippen MR) is 113 cm³/mol. The van der Waals surface area contributed by atoms with Gasteiger partial charge in [-0.2, -0.15) is 13.2 Å². The maximum absolute atomic E-state index is 13.1. The smallest absolute Gasteiger partial charge is 0.416 e. The van der Waals surface area contributed by atoms with Crippen LogP contribution in [0, 0.1) is 11.8 Å². The molecule has 1 amide bonds. The molecular weight excluding hydrogens is 421 g/mol. The number of nitrogens with zero attached hydrogens (tertiary/aromatic N) is 4. The quantitative estimate of drug-likeness (QED) is 0.675. The van der Waals surface area contributed by atoms with Crippen molar-refractivity contribution < 1.29 is 22.7 Å². The molecule has 3 heterocycles. The minimum Gasteiger partial charge on any atom is -0.493 e. The van der Waals surface area contributed by atoms with E-state index in [-0.39, 0.29) is 30.1 Å². The Balaban J connectivity index is 1.44.